The van der Waals surface area contributed by atoms with Crippen LogP contribution < -0.4 is 0 Å². The predicted octanol–water partition coefficient (Wildman–Crippen LogP) is 5.45. The maximum atomic E-state index is 2.28. The van der Waals surface area contributed by atoms with Crippen molar-refractivity contribution in [1.29, 1.82) is 0 Å². The van der Waals surface area contributed by atoms with E-state index in [1.54, 1.807) is 0 Å². The zero-order valence-electron chi connectivity index (χ0n) is 12.0. The van der Waals surface area contributed by atoms with E-state index in [2.05, 4.69) is 65.8 Å². The lowest BCUT2D eigenvalue weighted by atomic mass is 9.93. The number of hydrogen-bond donors (Lipinski definition) is 0. The van der Waals surface area contributed by atoms with Gasteiger partial charge in [-0.3, -0.25) is 0 Å². The van der Waals surface area contributed by atoms with Gasteiger partial charge >= 0.3 is 0 Å². The molecule has 0 aliphatic heterocycles. The summed E-state index contributed by atoms with van der Waals surface area (Å²) in [4.78, 5) is 0. The fourth-order valence-electron chi connectivity index (χ4n) is 2.35. The predicted molar refractivity (Wildman–Crippen MR) is 78.2 cm³/mol. The number of rotatable bonds is 3. The molecule has 0 amide bonds. The van der Waals surface area contributed by atoms with Gasteiger partial charge in [0.2, 0.25) is 0 Å². The minimum absolute atomic E-state index is 1.08. The molecule has 0 spiro atoms. The van der Waals surface area contributed by atoms with Gasteiger partial charge in [0.05, 0.1) is 0 Å². The third-order valence-corrected chi connectivity index (χ3v) is 3.04. The van der Waals surface area contributed by atoms with Gasteiger partial charge in [0.25, 0.3) is 0 Å². The van der Waals surface area contributed by atoms with Crippen LogP contribution in [0.5, 0.6) is 0 Å². The van der Waals surface area contributed by atoms with Crippen LogP contribution in [0.25, 0.3) is 5.57 Å². The summed E-state index contributed by atoms with van der Waals surface area (Å²) in [6.45, 7) is 13.1. The van der Waals surface area contributed by atoms with Crippen LogP contribution in [0.3, 0.4) is 0 Å². The smallest absolute Gasteiger partial charge is 0.0192 e. The summed E-state index contributed by atoms with van der Waals surface area (Å²) in [6, 6.07) is 6.72. The van der Waals surface area contributed by atoms with Crippen LogP contribution in [0.2, 0.25) is 0 Å². The molecule has 0 fully saturated rings. The van der Waals surface area contributed by atoms with E-state index in [0.717, 1.165) is 6.42 Å². The first-order chi connectivity index (χ1) is 7.95. The van der Waals surface area contributed by atoms with Crippen LogP contribution in [0.4, 0.5) is 0 Å². The summed E-state index contributed by atoms with van der Waals surface area (Å²) in [7, 11) is 0. The van der Waals surface area contributed by atoms with Gasteiger partial charge in [0.15, 0.2) is 0 Å². The van der Waals surface area contributed by atoms with Crippen molar-refractivity contribution in [2.75, 3.05) is 0 Å². The van der Waals surface area contributed by atoms with Crippen LogP contribution in [-0.4, -0.2) is 0 Å². The van der Waals surface area contributed by atoms with Gasteiger partial charge in [0, 0.05) is 0 Å². The third-order valence-electron chi connectivity index (χ3n) is 3.04. The highest BCUT2D eigenvalue weighted by Gasteiger charge is 2.06. The van der Waals surface area contributed by atoms with Gasteiger partial charge in [0.1, 0.15) is 0 Å². The van der Waals surface area contributed by atoms with Gasteiger partial charge in [-0.15, -0.1) is 0 Å². The summed E-state index contributed by atoms with van der Waals surface area (Å²) in [5.74, 6) is 0. The van der Waals surface area contributed by atoms with Crippen molar-refractivity contribution in [3.8, 4) is 0 Å². The molecule has 17 heavy (non-hydrogen) atoms. The van der Waals surface area contributed by atoms with Crippen molar-refractivity contribution >= 4 is 5.57 Å². The summed E-state index contributed by atoms with van der Waals surface area (Å²) in [5.41, 5.74) is 8.32. The second kappa shape index (κ2) is 5.86. The van der Waals surface area contributed by atoms with Crippen LogP contribution in [-0.2, 0) is 0 Å². The molecule has 0 atom stereocenters. The fraction of sp³-hybridized carbons (Fsp3) is 0.412. The standard InChI is InChI=1S/C17H24/c1-7-16(14(5)10-12(2)3)17-9-8-13(4)11-15(17)6/h8-11H,7H2,1-6H3/b16-14+. The van der Waals surface area contributed by atoms with Gasteiger partial charge in [-0.1, -0.05) is 42.3 Å². The Hall–Kier alpha value is -1.30. The molecule has 0 aliphatic rings. The molecule has 0 unspecified atom stereocenters. The number of allylic oxidation sites excluding steroid dienone is 4. The van der Waals surface area contributed by atoms with Crippen molar-refractivity contribution in [3.05, 3.63) is 52.1 Å². The Morgan fingerprint density at radius 1 is 1.12 bits per heavy atom. The Balaban J connectivity index is 3.32. The van der Waals surface area contributed by atoms with Crippen LogP contribution in [0.1, 0.15) is 50.8 Å². The maximum absolute atomic E-state index is 2.28. The van der Waals surface area contributed by atoms with Gasteiger partial charge in [-0.25, -0.2) is 0 Å². The van der Waals surface area contributed by atoms with Crippen LogP contribution in [0, 0.1) is 13.8 Å². The Labute approximate surface area is 106 Å². The average molecular weight is 228 g/mol. The highest BCUT2D eigenvalue weighted by molar-refractivity contribution is 5.72. The second-order valence-corrected chi connectivity index (χ2v) is 5.06. The van der Waals surface area contributed by atoms with E-state index in [9.17, 15) is 0 Å². The molecule has 1 aromatic rings. The summed E-state index contributed by atoms with van der Waals surface area (Å²) < 4.78 is 0. The van der Waals surface area contributed by atoms with E-state index >= 15 is 0 Å². The Bertz CT molecular complexity index is 455. The molecule has 1 rings (SSSR count). The first kappa shape index (κ1) is 13.8. The molecule has 0 nitrogen and oxygen atoms in total. The normalized spacial score (nSPS) is 12.1. The second-order valence-electron chi connectivity index (χ2n) is 5.06. The zero-order valence-corrected chi connectivity index (χ0v) is 12.0. The van der Waals surface area contributed by atoms with E-state index in [4.69, 9.17) is 0 Å². The molecule has 0 heterocycles. The Morgan fingerprint density at radius 2 is 1.76 bits per heavy atom. The number of hydrogen-bond acceptors (Lipinski definition) is 0. The highest BCUT2D eigenvalue weighted by atomic mass is 14.1. The van der Waals surface area contributed by atoms with Crippen molar-refractivity contribution < 1.29 is 0 Å². The summed E-state index contributed by atoms with van der Waals surface area (Å²) in [6.07, 6.45) is 3.36. The number of aryl methyl sites for hydroxylation is 2. The quantitative estimate of drug-likeness (QED) is 0.603. The fourth-order valence-corrected chi connectivity index (χ4v) is 2.35. The lowest BCUT2D eigenvalue weighted by molar-refractivity contribution is 1.19. The molecule has 0 heteroatoms. The molecule has 0 aliphatic carbocycles. The van der Waals surface area contributed by atoms with Crippen LogP contribution in [0.15, 0.2) is 35.4 Å². The minimum atomic E-state index is 1.08. The SMILES string of the molecule is CC/C(=C(/C)C=C(C)C)c1ccc(C)cc1C. The largest absolute Gasteiger partial charge is 0.0762 e. The van der Waals surface area contributed by atoms with Crippen molar-refractivity contribution in [2.24, 2.45) is 0 Å². The van der Waals surface area contributed by atoms with Gasteiger partial charge < -0.3 is 0 Å². The van der Waals surface area contributed by atoms with E-state index in [0.29, 0.717) is 0 Å². The molecule has 0 radical (unpaired) electrons. The summed E-state index contributed by atoms with van der Waals surface area (Å²) in [5, 5.41) is 0. The molecule has 0 bridgehead atoms. The average Bonchev–Trinajstić information content (AvgIpc) is 2.21. The van der Waals surface area contributed by atoms with E-state index < -0.39 is 0 Å². The Kier molecular flexibility index (Phi) is 4.74. The molecular formula is C17H24. The monoisotopic (exact) mass is 228 g/mol. The molecule has 0 N–H and O–H groups in total. The van der Waals surface area contributed by atoms with E-state index in [1.165, 1.54) is 33.4 Å². The van der Waals surface area contributed by atoms with Crippen molar-refractivity contribution in [2.45, 2.75) is 48.0 Å². The topological polar surface area (TPSA) is 0 Å². The zero-order chi connectivity index (χ0) is 13.0. The molecule has 92 valence electrons. The van der Waals surface area contributed by atoms with Gasteiger partial charge in [-0.05, 0) is 63.3 Å². The summed E-state index contributed by atoms with van der Waals surface area (Å²) >= 11 is 0. The highest BCUT2D eigenvalue weighted by Crippen LogP contribution is 2.26. The first-order valence-electron chi connectivity index (χ1n) is 6.38. The van der Waals surface area contributed by atoms with E-state index in [1.807, 2.05) is 0 Å². The van der Waals surface area contributed by atoms with Gasteiger partial charge in [-0.2, -0.15) is 0 Å². The molecule has 1 aromatic carbocycles. The maximum Gasteiger partial charge on any atom is -0.0192 e. The minimum Gasteiger partial charge on any atom is -0.0762 e. The number of benzene rings is 1. The molecule has 0 saturated heterocycles. The Morgan fingerprint density at radius 3 is 2.24 bits per heavy atom. The molecule has 0 aromatic heterocycles. The third kappa shape index (κ3) is 3.59. The molecular weight excluding hydrogens is 204 g/mol. The lowest BCUT2D eigenvalue weighted by Crippen LogP contribution is -1.92. The van der Waals surface area contributed by atoms with Crippen molar-refractivity contribution in [1.82, 2.24) is 0 Å². The lowest BCUT2D eigenvalue weighted by Gasteiger charge is -2.12. The van der Waals surface area contributed by atoms with Crippen LogP contribution >= 0.6 is 0 Å². The molecule has 0 saturated carbocycles. The van der Waals surface area contributed by atoms with Crippen molar-refractivity contribution in [3.63, 3.8) is 0 Å². The van der Waals surface area contributed by atoms with E-state index in [-0.39, 0.29) is 0 Å². The first-order valence-corrected chi connectivity index (χ1v) is 6.38.